The van der Waals surface area contributed by atoms with E-state index >= 15 is 0 Å². The smallest absolute Gasteiger partial charge is 0.142 e. The minimum Gasteiger partial charge on any atom is -0.492 e. The molecule has 0 aliphatic heterocycles. The highest BCUT2D eigenvalue weighted by molar-refractivity contribution is 5.56. The molecule has 0 aromatic heterocycles. The zero-order chi connectivity index (χ0) is 14.5. The molecule has 1 aliphatic carbocycles. The Labute approximate surface area is 127 Å². The van der Waals surface area contributed by atoms with Crippen LogP contribution in [0.2, 0.25) is 0 Å². The molecule has 2 heteroatoms. The average Bonchev–Trinajstić information content (AvgIpc) is 2.54. The Balaban J connectivity index is 1.72. The van der Waals surface area contributed by atoms with Crippen LogP contribution >= 0.6 is 0 Å². The molecule has 21 heavy (non-hydrogen) atoms. The van der Waals surface area contributed by atoms with Crippen molar-refractivity contribution in [2.75, 3.05) is 18.5 Å². The molecule has 1 unspecified atom stereocenters. The Morgan fingerprint density at radius 1 is 1.10 bits per heavy atom. The molecular formula is C19H23NO. The molecule has 2 aromatic rings. The zero-order valence-electron chi connectivity index (χ0n) is 12.6. The fourth-order valence-corrected chi connectivity index (χ4v) is 3.19. The highest BCUT2D eigenvalue weighted by Crippen LogP contribution is 2.32. The van der Waals surface area contributed by atoms with Crippen LogP contribution in [0.3, 0.4) is 0 Å². The minimum absolute atomic E-state index is 0.602. The normalized spacial score (nSPS) is 17.1. The van der Waals surface area contributed by atoms with Gasteiger partial charge in [0.2, 0.25) is 0 Å². The number of anilines is 1. The molecule has 0 bridgehead atoms. The summed E-state index contributed by atoms with van der Waals surface area (Å²) in [6, 6.07) is 17.1. The second kappa shape index (κ2) is 6.66. The van der Waals surface area contributed by atoms with Crippen molar-refractivity contribution < 1.29 is 4.74 Å². The molecule has 1 atom stereocenters. The van der Waals surface area contributed by atoms with E-state index in [1.807, 2.05) is 19.1 Å². The summed E-state index contributed by atoms with van der Waals surface area (Å²) >= 11 is 0. The van der Waals surface area contributed by atoms with Crippen molar-refractivity contribution in [2.24, 2.45) is 0 Å². The van der Waals surface area contributed by atoms with Crippen LogP contribution < -0.4 is 10.1 Å². The number of fused-ring (bicyclic) bond motifs is 1. The molecule has 3 rings (SSSR count). The highest BCUT2D eigenvalue weighted by atomic mass is 16.5. The lowest BCUT2D eigenvalue weighted by Crippen LogP contribution is -2.18. The van der Waals surface area contributed by atoms with Crippen molar-refractivity contribution in [2.45, 2.75) is 32.1 Å². The molecule has 0 spiro atoms. The number of para-hydroxylation sites is 2. The monoisotopic (exact) mass is 281 g/mol. The maximum atomic E-state index is 5.68. The second-order valence-electron chi connectivity index (χ2n) is 5.60. The maximum Gasteiger partial charge on any atom is 0.142 e. The van der Waals surface area contributed by atoms with Crippen LogP contribution in [0.25, 0.3) is 0 Å². The first-order valence-corrected chi connectivity index (χ1v) is 7.92. The third-order valence-corrected chi connectivity index (χ3v) is 4.22. The first-order chi connectivity index (χ1) is 10.4. The number of aryl methyl sites for hydroxylation is 1. The van der Waals surface area contributed by atoms with Gasteiger partial charge in [-0.25, -0.2) is 0 Å². The number of ether oxygens (including phenoxy) is 1. The molecular weight excluding hydrogens is 258 g/mol. The summed E-state index contributed by atoms with van der Waals surface area (Å²) < 4.78 is 5.68. The largest absolute Gasteiger partial charge is 0.492 e. The molecule has 0 fully saturated rings. The molecule has 0 saturated heterocycles. The second-order valence-corrected chi connectivity index (χ2v) is 5.60. The Morgan fingerprint density at radius 3 is 2.81 bits per heavy atom. The fraction of sp³-hybridized carbons (Fsp3) is 0.368. The Hall–Kier alpha value is -1.96. The van der Waals surface area contributed by atoms with Gasteiger partial charge in [0.25, 0.3) is 0 Å². The summed E-state index contributed by atoms with van der Waals surface area (Å²) in [5, 5.41) is 3.58. The van der Waals surface area contributed by atoms with E-state index in [9.17, 15) is 0 Å². The van der Waals surface area contributed by atoms with Crippen LogP contribution in [-0.4, -0.2) is 13.2 Å². The van der Waals surface area contributed by atoms with Crippen molar-refractivity contribution in [3.8, 4) is 5.75 Å². The number of benzene rings is 2. The molecule has 1 aliphatic rings. The Morgan fingerprint density at radius 2 is 1.90 bits per heavy atom. The maximum absolute atomic E-state index is 5.68. The van der Waals surface area contributed by atoms with E-state index in [1.54, 1.807) is 0 Å². The van der Waals surface area contributed by atoms with E-state index in [-0.39, 0.29) is 0 Å². The molecule has 0 radical (unpaired) electrons. The van der Waals surface area contributed by atoms with Crippen molar-refractivity contribution in [3.05, 3.63) is 59.7 Å². The van der Waals surface area contributed by atoms with Gasteiger partial charge < -0.3 is 10.1 Å². The number of hydrogen-bond donors (Lipinski definition) is 1. The van der Waals surface area contributed by atoms with E-state index in [2.05, 4.69) is 41.7 Å². The van der Waals surface area contributed by atoms with Gasteiger partial charge in [-0.1, -0.05) is 36.4 Å². The molecule has 2 aromatic carbocycles. The summed E-state index contributed by atoms with van der Waals surface area (Å²) in [4.78, 5) is 0. The molecule has 1 N–H and O–H groups in total. The fourth-order valence-electron chi connectivity index (χ4n) is 3.19. The van der Waals surface area contributed by atoms with Gasteiger partial charge in [0.1, 0.15) is 5.75 Å². The van der Waals surface area contributed by atoms with Crippen molar-refractivity contribution in [3.63, 3.8) is 0 Å². The number of hydrogen-bond acceptors (Lipinski definition) is 2. The average molecular weight is 281 g/mol. The van der Waals surface area contributed by atoms with E-state index in [4.69, 9.17) is 4.74 Å². The Kier molecular flexibility index (Phi) is 4.44. The van der Waals surface area contributed by atoms with Crippen LogP contribution in [0.4, 0.5) is 5.69 Å². The lowest BCUT2D eigenvalue weighted by atomic mass is 9.83. The lowest BCUT2D eigenvalue weighted by Gasteiger charge is -2.26. The van der Waals surface area contributed by atoms with E-state index in [0.29, 0.717) is 12.5 Å². The van der Waals surface area contributed by atoms with Crippen molar-refractivity contribution in [1.29, 1.82) is 0 Å². The number of nitrogens with one attached hydrogen (secondary N) is 1. The van der Waals surface area contributed by atoms with Gasteiger partial charge in [0.05, 0.1) is 12.3 Å². The van der Waals surface area contributed by atoms with Gasteiger partial charge in [-0.05, 0) is 49.4 Å². The van der Waals surface area contributed by atoms with Crippen LogP contribution in [0.15, 0.2) is 48.5 Å². The quantitative estimate of drug-likeness (QED) is 0.863. The van der Waals surface area contributed by atoms with Crippen molar-refractivity contribution >= 4 is 5.69 Å². The van der Waals surface area contributed by atoms with Gasteiger partial charge >= 0.3 is 0 Å². The summed E-state index contributed by atoms with van der Waals surface area (Å²) in [6.07, 6.45) is 3.78. The minimum atomic E-state index is 0.602. The van der Waals surface area contributed by atoms with Crippen LogP contribution in [-0.2, 0) is 6.42 Å². The van der Waals surface area contributed by atoms with Gasteiger partial charge in [-0.3, -0.25) is 0 Å². The zero-order valence-corrected chi connectivity index (χ0v) is 12.6. The van der Waals surface area contributed by atoms with Crippen LogP contribution in [0.1, 0.15) is 36.8 Å². The van der Waals surface area contributed by atoms with E-state index < -0.39 is 0 Å². The third kappa shape index (κ3) is 3.21. The molecule has 110 valence electrons. The third-order valence-electron chi connectivity index (χ3n) is 4.22. The molecule has 0 amide bonds. The van der Waals surface area contributed by atoms with Gasteiger partial charge in [-0.2, -0.15) is 0 Å². The number of rotatable bonds is 5. The Bertz CT molecular complexity index is 594. The van der Waals surface area contributed by atoms with Crippen molar-refractivity contribution in [1.82, 2.24) is 0 Å². The first kappa shape index (κ1) is 14.0. The van der Waals surface area contributed by atoms with Crippen LogP contribution in [0, 0.1) is 0 Å². The first-order valence-electron chi connectivity index (χ1n) is 7.92. The van der Waals surface area contributed by atoms with Gasteiger partial charge in [0.15, 0.2) is 0 Å². The molecule has 2 nitrogen and oxygen atoms in total. The van der Waals surface area contributed by atoms with Gasteiger partial charge in [0, 0.05) is 12.5 Å². The highest BCUT2D eigenvalue weighted by Gasteiger charge is 2.19. The predicted molar refractivity (Wildman–Crippen MR) is 88.2 cm³/mol. The van der Waals surface area contributed by atoms with Crippen LogP contribution in [0.5, 0.6) is 5.75 Å². The summed E-state index contributed by atoms with van der Waals surface area (Å²) in [5.41, 5.74) is 4.14. The standard InChI is InChI=1S/C19H23NO/c1-2-21-19-13-6-5-12-18(19)20-14-16-10-7-9-15-8-3-4-11-17(15)16/h3-6,8,11-13,16,20H,2,7,9-10,14H2,1H3. The van der Waals surface area contributed by atoms with Gasteiger partial charge in [-0.15, -0.1) is 0 Å². The summed E-state index contributed by atoms with van der Waals surface area (Å²) in [6.45, 7) is 3.69. The SMILES string of the molecule is CCOc1ccccc1NCC1CCCc2ccccc21. The lowest BCUT2D eigenvalue weighted by molar-refractivity contribution is 0.341. The molecule has 0 saturated carbocycles. The van der Waals surface area contributed by atoms with E-state index in [0.717, 1.165) is 18.0 Å². The molecule has 0 heterocycles. The topological polar surface area (TPSA) is 21.3 Å². The summed E-state index contributed by atoms with van der Waals surface area (Å²) in [7, 11) is 0. The summed E-state index contributed by atoms with van der Waals surface area (Å²) in [5.74, 6) is 1.55. The predicted octanol–water partition coefficient (Wildman–Crippen LogP) is 4.62. The van der Waals surface area contributed by atoms with E-state index in [1.165, 1.54) is 30.4 Å².